The molecule has 2 amide bonds. The zero-order valence-corrected chi connectivity index (χ0v) is 13.0. The first-order valence-corrected chi connectivity index (χ1v) is 7.07. The third-order valence-corrected chi connectivity index (χ3v) is 2.54. The van der Waals surface area contributed by atoms with Crippen LogP contribution >= 0.6 is 0 Å². The summed E-state index contributed by atoms with van der Waals surface area (Å²) in [6, 6.07) is 5.32. The van der Waals surface area contributed by atoms with Crippen LogP contribution in [0.15, 0.2) is 23.3 Å². The molecule has 0 aliphatic rings. The van der Waals surface area contributed by atoms with Crippen molar-refractivity contribution in [3.05, 3.63) is 23.8 Å². The minimum atomic E-state index is -0.827. The summed E-state index contributed by atoms with van der Waals surface area (Å²) < 4.78 is 11.1. The molecular formula is C15H21N3O4. The summed E-state index contributed by atoms with van der Waals surface area (Å²) in [6.07, 6.45) is 2.33. The minimum Gasteiger partial charge on any atom is -0.490 e. The summed E-state index contributed by atoms with van der Waals surface area (Å²) in [7, 11) is 1.37. The maximum atomic E-state index is 11.2. The highest BCUT2D eigenvalue weighted by Gasteiger charge is 2.09. The van der Waals surface area contributed by atoms with Gasteiger partial charge in [0.2, 0.25) is 0 Å². The lowest BCUT2D eigenvalue weighted by atomic mass is 10.2. The van der Waals surface area contributed by atoms with E-state index < -0.39 is 11.8 Å². The van der Waals surface area contributed by atoms with Crippen molar-refractivity contribution < 1.29 is 19.1 Å². The van der Waals surface area contributed by atoms with Crippen LogP contribution in [0.1, 0.15) is 25.8 Å². The van der Waals surface area contributed by atoms with Gasteiger partial charge >= 0.3 is 11.8 Å². The Morgan fingerprint density at radius 2 is 1.95 bits per heavy atom. The van der Waals surface area contributed by atoms with Crippen LogP contribution in [0.25, 0.3) is 0 Å². The van der Waals surface area contributed by atoms with Crippen LogP contribution in [0.4, 0.5) is 0 Å². The Morgan fingerprint density at radius 1 is 1.18 bits per heavy atom. The van der Waals surface area contributed by atoms with Gasteiger partial charge in [-0.15, -0.1) is 0 Å². The Labute approximate surface area is 129 Å². The van der Waals surface area contributed by atoms with Crippen molar-refractivity contribution in [2.75, 3.05) is 20.3 Å². The van der Waals surface area contributed by atoms with Gasteiger partial charge in [0, 0.05) is 7.05 Å². The Balaban J connectivity index is 2.76. The molecule has 0 radical (unpaired) electrons. The number of amides is 2. The second-order valence-corrected chi connectivity index (χ2v) is 4.27. The van der Waals surface area contributed by atoms with Crippen molar-refractivity contribution in [2.24, 2.45) is 5.10 Å². The number of nitrogens with zero attached hydrogens (tertiary/aromatic N) is 1. The van der Waals surface area contributed by atoms with Crippen LogP contribution in [-0.2, 0) is 9.59 Å². The maximum Gasteiger partial charge on any atom is 0.329 e. The van der Waals surface area contributed by atoms with Crippen molar-refractivity contribution in [3.8, 4) is 11.5 Å². The summed E-state index contributed by atoms with van der Waals surface area (Å²) in [5.74, 6) is -0.310. The lowest BCUT2D eigenvalue weighted by molar-refractivity contribution is -0.138. The predicted molar refractivity (Wildman–Crippen MR) is 83.2 cm³/mol. The zero-order valence-electron chi connectivity index (χ0n) is 13.0. The number of ether oxygens (including phenoxy) is 2. The Kier molecular flexibility index (Phi) is 7.45. The fraction of sp³-hybridized carbons (Fsp3) is 0.400. The molecule has 1 rings (SSSR count). The first-order valence-electron chi connectivity index (χ1n) is 7.07. The smallest absolute Gasteiger partial charge is 0.329 e. The quantitative estimate of drug-likeness (QED) is 0.448. The third kappa shape index (κ3) is 5.43. The SMILES string of the molecule is CCCOc1ccc(/C=N\NC(=O)C(=O)NC)cc1OCC. The summed E-state index contributed by atoms with van der Waals surface area (Å²) in [5.41, 5.74) is 2.84. The molecule has 0 aromatic heterocycles. The second kappa shape index (κ2) is 9.38. The van der Waals surface area contributed by atoms with E-state index in [-0.39, 0.29) is 0 Å². The number of hydrazone groups is 1. The third-order valence-electron chi connectivity index (χ3n) is 2.54. The molecule has 0 unspecified atom stereocenters. The van der Waals surface area contributed by atoms with Crippen molar-refractivity contribution in [1.29, 1.82) is 0 Å². The Morgan fingerprint density at radius 3 is 2.59 bits per heavy atom. The molecule has 0 aliphatic carbocycles. The standard InChI is InChI=1S/C15H21N3O4/c1-4-8-22-12-7-6-11(9-13(12)21-5-2)10-17-18-15(20)14(19)16-3/h6-7,9-10H,4-5,8H2,1-3H3,(H,16,19)(H,18,20)/b17-10-. The molecule has 1 aromatic rings. The van der Waals surface area contributed by atoms with Gasteiger partial charge in [0.25, 0.3) is 0 Å². The maximum absolute atomic E-state index is 11.2. The molecule has 0 saturated heterocycles. The van der Waals surface area contributed by atoms with Crippen molar-refractivity contribution >= 4 is 18.0 Å². The number of likely N-dealkylation sites (N-methyl/N-ethyl adjacent to an activating group) is 1. The van der Waals surface area contributed by atoms with E-state index in [0.29, 0.717) is 30.3 Å². The van der Waals surface area contributed by atoms with Gasteiger partial charge in [-0.2, -0.15) is 5.10 Å². The molecule has 0 saturated carbocycles. The number of nitrogens with one attached hydrogen (secondary N) is 2. The number of carbonyl (C=O) groups excluding carboxylic acids is 2. The first-order chi connectivity index (χ1) is 10.6. The van der Waals surface area contributed by atoms with Gasteiger partial charge < -0.3 is 14.8 Å². The fourth-order valence-electron chi connectivity index (χ4n) is 1.53. The van der Waals surface area contributed by atoms with E-state index in [2.05, 4.69) is 15.8 Å². The molecule has 0 spiro atoms. The molecule has 22 heavy (non-hydrogen) atoms. The monoisotopic (exact) mass is 307 g/mol. The molecule has 7 heteroatoms. The Hall–Kier alpha value is -2.57. The number of benzene rings is 1. The molecule has 1 aromatic carbocycles. The molecule has 7 nitrogen and oxygen atoms in total. The van der Waals surface area contributed by atoms with E-state index in [1.54, 1.807) is 18.2 Å². The normalized spacial score (nSPS) is 10.3. The van der Waals surface area contributed by atoms with E-state index in [1.165, 1.54) is 13.3 Å². The van der Waals surface area contributed by atoms with E-state index in [4.69, 9.17) is 9.47 Å². The number of hydrogen-bond acceptors (Lipinski definition) is 5. The largest absolute Gasteiger partial charge is 0.490 e. The van der Waals surface area contributed by atoms with Gasteiger partial charge in [0.1, 0.15) is 0 Å². The average molecular weight is 307 g/mol. The molecule has 0 heterocycles. The van der Waals surface area contributed by atoms with Gasteiger partial charge in [0.15, 0.2) is 11.5 Å². The van der Waals surface area contributed by atoms with Gasteiger partial charge in [-0.25, -0.2) is 5.43 Å². The fourth-order valence-corrected chi connectivity index (χ4v) is 1.53. The van der Waals surface area contributed by atoms with Crippen LogP contribution in [0.3, 0.4) is 0 Å². The Bertz CT molecular complexity index is 544. The van der Waals surface area contributed by atoms with Gasteiger partial charge in [-0.3, -0.25) is 9.59 Å². The lowest BCUT2D eigenvalue weighted by Gasteiger charge is -2.11. The summed E-state index contributed by atoms with van der Waals surface area (Å²) in [6.45, 7) is 5.02. The molecule has 0 aliphatic heterocycles. The summed E-state index contributed by atoms with van der Waals surface area (Å²) in [5, 5.41) is 5.93. The van der Waals surface area contributed by atoms with E-state index >= 15 is 0 Å². The lowest BCUT2D eigenvalue weighted by Crippen LogP contribution is -2.35. The van der Waals surface area contributed by atoms with Crippen molar-refractivity contribution in [2.45, 2.75) is 20.3 Å². The summed E-state index contributed by atoms with van der Waals surface area (Å²) in [4.78, 5) is 22.2. The number of rotatable bonds is 7. The van der Waals surface area contributed by atoms with Gasteiger partial charge in [0.05, 0.1) is 19.4 Å². The topological polar surface area (TPSA) is 89.0 Å². The summed E-state index contributed by atoms with van der Waals surface area (Å²) >= 11 is 0. The molecule has 2 N–H and O–H groups in total. The zero-order chi connectivity index (χ0) is 16.4. The first kappa shape index (κ1) is 17.5. The predicted octanol–water partition coefficient (Wildman–Crippen LogP) is 1.07. The van der Waals surface area contributed by atoms with Crippen molar-refractivity contribution in [3.63, 3.8) is 0 Å². The molecule has 0 atom stereocenters. The van der Waals surface area contributed by atoms with Gasteiger partial charge in [-0.1, -0.05) is 6.92 Å². The van der Waals surface area contributed by atoms with E-state index in [9.17, 15) is 9.59 Å². The van der Waals surface area contributed by atoms with Crippen LogP contribution in [0.5, 0.6) is 11.5 Å². The highest BCUT2D eigenvalue weighted by Crippen LogP contribution is 2.28. The highest BCUT2D eigenvalue weighted by atomic mass is 16.5. The van der Waals surface area contributed by atoms with Crippen molar-refractivity contribution in [1.82, 2.24) is 10.7 Å². The van der Waals surface area contributed by atoms with Crippen LogP contribution < -0.4 is 20.2 Å². The molecule has 0 fully saturated rings. The van der Waals surface area contributed by atoms with E-state index in [1.807, 2.05) is 13.8 Å². The van der Waals surface area contributed by atoms with Crippen LogP contribution in [-0.4, -0.2) is 38.3 Å². The van der Waals surface area contributed by atoms with Gasteiger partial charge in [-0.05, 0) is 37.1 Å². The molecule has 0 bridgehead atoms. The second-order valence-electron chi connectivity index (χ2n) is 4.27. The van der Waals surface area contributed by atoms with E-state index in [0.717, 1.165) is 6.42 Å². The molecular weight excluding hydrogens is 286 g/mol. The highest BCUT2D eigenvalue weighted by molar-refractivity contribution is 6.34. The number of hydrogen-bond donors (Lipinski definition) is 2. The molecule has 120 valence electrons. The van der Waals surface area contributed by atoms with Crippen LogP contribution in [0, 0.1) is 0 Å². The number of carbonyl (C=O) groups is 2. The van der Waals surface area contributed by atoms with Crippen LogP contribution in [0.2, 0.25) is 0 Å². The average Bonchev–Trinajstić information content (AvgIpc) is 2.53. The minimum absolute atomic E-state index is 0.510.